The molecule has 2 fully saturated rings. The smallest absolute Gasteiger partial charge is 0.253 e. The molecular formula is C24H32N4O3S. The Morgan fingerprint density at radius 1 is 0.781 bits per heavy atom. The Balaban J connectivity index is 1.34. The number of piperazine rings is 2. The summed E-state index contributed by atoms with van der Waals surface area (Å²) in [5.41, 5.74) is 1.79. The fourth-order valence-electron chi connectivity index (χ4n) is 4.37. The van der Waals surface area contributed by atoms with Gasteiger partial charge in [0.2, 0.25) is 10.0 Å². The summed E-state index contributed by atoms with van der Waals surface area (Å²) < 4.78 is 27.1. The predicted molar refractivity (Wildman–Crippen MR) is 126 cm³/mol. The first-order valence-electron chi connectivity index (χ1n) is 11.3. The highest BCUT2D eigenvalue weighted by molar-refractivity contribution is 7.89. The number of carbonyl (C=O) groups is 1. The van der Waals surface area contributed by atoms with Gasteiger partial charge in [-0.3, -0.25) is 9.69 Å². The van der Waals surface area contributed by atoms with Crippen molar-refractivity contribution >= 4 is 21.6 Å². The summed E-state index contributed by atoms with van der Waals surface area (Å²) in [4.78, 5) is 19.8. The zero-order valence-corrected chi connectivity index (χ0v) is 19.7. The highest BCUT2D eigenvalue weighted by atomic mass is 32.2. The second-order valence-corrected chi connectivity index (χ2v) is 10.6. The van der Waals surface area contributed by atoms with Crippen LogP contribution in [0.3, 0.4) is 0 Å². The van der Waals surface area contributed by atoms with Crippen LogP contribution in [0.15, 0.2) is 59.5 Å². The molecule has 8 heteroatoms. The van der Waals surface area contributed by atoms with Gasteiger partial charge in [-0.2, -0.15) is 4.31 Å². The van der Waals surface area contributed by atoms with Gasteiger partial charge in [0.15, 0.2) is 0 Å². The molecule has 7 nitrogen and oxygen atoms in total. The van der Waals surface area contributed by atoms with E-state index in [1.165, 1.54) is 4.31 Å². The molecule has 0 aromatic heterocycles. The number of hydrogen-bond donors (Lipinski definition) is 0. The zero-order chi connectivity index (χ0) is 22.7. The summed E-state index contributed by atoms with van der Waals surface area (Å²) in [7, 11) is -3.52. The Hall–Kier alpha value is -2.42. The van der Waals surface area contributed by atoms with Gasteiger partial charge in [-0.05, 0) is 50.2 Å². The fraction of sp³-hybridized carbons (Fsp3) is 0.458. The van der Waals surface area contributed by atoms with Crippen LogP contribution in [0.4, 0.5) is 5.69 Å². The molecule has 0 spiro atoms. The van der Waals surface area contributed by atoms with E-state index in [-0.39, 0.29) is 5.91 Å². The number of sulfonamides is 1. The molecule has 2 aromatic rings. The fourth-order valence-corrected chi connectivity index (χ4v) is 5.81. The van der Waals surface area contributed by atoms with Crippen molar-refractivity contribution in [3.63, 3.8) is 0 Å². The molecule has 2 heterocycles. The van der Waals surface area contributed by atoms with Gasteiger partial charge in [0.1, 0.15) is 0 Å². The Bertz CT molecular complexity index is 1010. The summed E-state index contributed by atoms with van der Waals surface area (Å²) >= 11 is 0. The normalized spacial score (nSPS) is 18.8. The number of carbonyl (C=O) groups excluding carboxylic acids is 1. The number of benzene rings is 2. The number of rotatable bonds is 5. The first kappa shape index (κ1) is 22.8. The molecule has 32 heavy (non-hydrogen) atoms. The summed E-state index contributed by atoms with van der Waals surface area (Å²) in [5, 5.41) is 0. The van der Waals surface area contributed by atoms with E-state index in [1.54, 1.807) is 35.2 Å². The topological polar surface area (TPSA) is 64.2 Å². The van der Waals surface area contributed by atoms with Crippen molar-refractivity contribution in [2.24, 2.45) is 0 Å². The lowest BCUT2D eigenvalue weighted by molar-refractivity contribution is 0.0698. The van der Waals surface area contributed by atoms with Crippen LogP contribution in [0.1, 0.15) is 24.2 Å². The van der Waals surface area contributed by atoms with Gasteiger partial charge in [0.25, 0.3) is 5.91 Å². The molecule has 0 radical (unpaired) electrons. The third-order valence-electron chi connectivity index (χ3n) is 6.43. The lowest BCUT2D eigenvalue weighted by Gasteiger charge is -2.38. The third kappa shape index (κ3) is 4.82. The molecule has 0 aliphatic carbocycles. The van der Waals surface area contributed by atoms with Crippen molar-refractivity contribution in [3.05, 3.63) is 60.2 Å². The maximum Gasteiger partial charge on any atom is 0.253 e. The lowest BCUT2D eigenvalue weighted by atomic mass is 10.1. The molecule has 2 aromatic carbocycles. The molecule has 2 saturated heterocycles. The lowest BCUT2D eigenvalue weighted by Crippen LogP contribution is -2.50. The average Bonchev–Trinajstić information content (AvgIpc) is 2.84. The van der Waals surface area contributed by atoms with Gasteiger partial charge in [-0.15, -0.1) is 0 Å². The van der Waals surface area contributed by atoms with E-state index in [2.05, 4.69) is 23.6 Å². The van der Waals surface area contributed by atoms with Crippen molar-refractivity contribution in [2.75, 3.05) is 57.3 Å². The van der Waals surface area contributed by atoms with Gasteiger partial charge >= 0.3 is 0 Å². The molecule has 4 rings (SSSR count). The highest BCUT2D eigenvalue weighted by Crippen LogP contribution is 2.21. The van der Waals surface area contributed by atoms with Gasteiger partial charge in [0, 0.05) is 69.7 Å². The van der Waals surface area contributed by atoms with Crippen LogP contribution in [0.25, 0.3) is 0 Å². The minimum absolute atomic E-state index is 0.0436. The van der Waals surface area contributed by atoms with Gasteiger partial charge < -0.3 is 9.80 Å². The number of amides is 1. The van der Waals surface area contributed by atoms with E-state index in [0.717, 1.165) is 31.9 Å². The molecule has 0 bridgehead atoms. The third-order valence-corrected chi connectivity index (χ3v) is 8.34. The quantitative estimate of drug-likeness (QED) is 0.691. The van der Waals surface area contributed by atoms with Crippen LogP contribution in [0, 0.1) is 0 Å². The van der Waals surface area contributed by atoms with E-state index in [9.17, 15) is 13.2 Å². The summed E-state index contributed by atoms with van der Waals surface area (Å²) in [5.74, 6) is -0.0436. The van der Waals surface area contributed by atoms with Gasteiger partial charge in [0.05, 0.1) is 4.90 Å². The number of anilines is 1. The van der Waals surface area contributed by atoms with Crippen LogP contribution >= 0.6 is 0 Å². The number of hydrogen-bond acceptors (Lipinski definition) is 5. The summed E-state index contributed by atoms with van der Waals surface area (Å²) in [6.07, 6.45) is 0. The standard InChI is InChI=1S/C24H32N4O3S/c1-20(2)25-12-14-26(15-13-25)22-10-8-21(9-11-22)24(29)27-16-18-28(19-17-27)32(30,31)23-6-4-3-5-7-23/h3-11,20H,12-19H2,1-2H3. The number of nitrogens with zero attached hydrogens (tertiary/aromatic N) is 4. The monoisotopic (exact) mass is 456 g/mol. The molecule has 0 saturated carbocycles. The summed E-state index contributed by atoms with van der Waals surface area (Å²) in [6, 6.07) is 16.9. The van der Waals surface area contributed by atoms with E-state index in [4.69, 9.17) is 0 Å². The van der Waals surface area contributed by atoms with Crippen LogP contribution in [-0.4, -0.2) is 86.8 Å². The predicted octanol–water partition coefficient (Wildman–Crippen LogP) is 2.36. The molecule has 2 aliphatic heterocycles. The maximum absolute atomic E-state index is 13.0. The highest BCUT2D eigenvalue weighted by Gasteiger charge is 2.30. The van der Waals surface area contributed by atoms with E-state index < -0.39 is 10.0 Å². The van der Waals surface area contributed by atoms with E-state index >= 15 is 0 Å². The van der Waals surface area contributed by atoms with E-state index in [1.807, 2.05) is 24.3 Å². The molecule has 0 N–H and O–H groups in total. The maximum atomic E-state index is 13.0. The second kappa shape index (κ2) is 9.60. The van der Waals surface area contributed by atoms with Crippen LogP contribution in [-0.2, 0) is 10.0 Å². The average molecular weight is 457 g/mol. The van der Waals surface area contributed by atoms with Crippen molar-refractivity contribution in [1.29, 1.82) is 0 Å². The Morgan fingerprint density at radius 2 is 1.38 bits per heavy atom. The van der Waals surface area contributed by atoms with Gasteiger partial charge in [-0.1, -0.05) is 18.2 Å². The SMILES string of the molecule is CC(C)N1CCN(c2ccc(C(=O)N3CCN(S(=O)(=O)c4ccccc4)CC3)cc2)CC1. The second-order valence-electron chi connectivity index (χ2n) is 8.67. The van der Waals surface area contributed by atoms with Crippen LogP contribution < -0.4 is 4.90 Å². The Labute approximate surface area is 191 Å². The molecule has 0 atom stereocenters. The summed E-state index contributed by atoms with van der Waals surface area (Å²) in [6.45, 7) is 9.94. The molecule has 1 amide bonds. The molecular weight excluding hydrogens is 424 g/mol. The Morgan fingerprint density at radius 3 is 1.94 bits per heavy atom. The van der Waals surface area contributed by atoms with Crippen molar-refractivity contribution in [1.82, 2.24) is 14.1 Å². The minimum atomic E-state index is -3.52. The molecule has 2 aliphatic rings. The first-order chi connectivity index (χ1) is 15.4. The Kier molecular flexibility index (Phi) is 6.83. The van der Waals surface area contributed by atoms with E-state index in [0.29, 0.717) is 42.7 Å². The van der Waals surface area contributed by atoms with Crippen molar-refractivity contribution < 1.29 is 13.2 Å². The van der Waals surface area contributed by atoms with Crippen LogP contribution in [0.5, 0.6) is 0 Å². The van der Waals surface area contributed by atoms with Crippen molar-refractivity contribution in [2.45, 2.75) is 24.8 Å². The first-order valence-corrected chi connectivity index (χ1v) is 12.7. The van der Waals surface area contributed by atoms with Crippen molar-refractivity contribution in [3.8, 4) is 0 Å². The van der Waals surface area contributed by atoms with Crippen LogP contribution in [0.2, 0.25) is 0 Å². The molecule has 0 unspecified atom stereocenters. The molecule has 172 valence electrons. The largest absolute Gasteiger partial charge is 0.369 e. The van der Waals surface area contributed by atoms with Gasteiger partial charge in [-0.25, -0.2) is 8.42 Å². The zero-order valence-electron chi connectivity index (χ0n) is 18.9. The minimum Gasteiger partial charge on any atom is -0.369 e.